The summed E-state index contributed by atoms with van der Waals surface area (Å²) in [5.41, 5.74) is 0.768. The van der Waals surface area contributed by atoms with Gasteiger partial charge in [-0.3, -0.25) is 4.79 Å². The average Bonchev–Trinajstić information content (AvgIpc) is 2.77. The first-order valence-electron chi connectivity index (χ1n) is 7.20. The number of hydrogen-bond acceptors (Lipinski definition) is 2. The van der Waals surface area contributed by atoms with E-state index in [0.29, 0.717) is 21.8 Å². The maximum Gasteiger partial charge on any atom is 0.396 e. The van der Waals surface area contributed by atoms with Gasteiger partial charge in [-0.2, -0.15) is 13.2 Å². The maximum atomic E-state index is 13.5. The molecule has 2 aromatic rings. The van der Waals surface area contributed by atoms with Gasteiger partial charge in [-0.25, -0.2) is 0 Å². The molecule has 1 aromatic heterocycles. The normalized spacial score (nSPS) is 13.3. The van der Waals surface area contributed by atoms with Crippen molar-refractivity contribution < 1.29 is 22.7 Å². The third-order valence-corrected chi connectivity index (χ3v) is 4.08. The van der Waals surface area contributed by atoms with E-state index in [1.165, 1.54) is 6.20 Å². The first-order chi connectivity index (χ1) is 10.7. The van der Waals surface area contributed by atoms with Crippen LogP contribution in [-0.4, -0.2) is 23.3 Å². The number of alkyl halides is 3. The Balaban J connectivity index is 2.44. The van der Waals surface area contributed by atoms with E-state index >= 15 is 0 Å². The summed E-state index contributed by atoms with van der Waals surface area (Å²) in [6, 6.07) is 5.15. The Morgan fingerprint density at radius 2 is 2.09 bits per heavy atom. The highest BCUT2D eigenvalue weighted by molar-refractivity contribution is 9.10. The summed E-state index contributed by atoms with van der Waals surface area (Å²) >= 11 is 3.28. The van der Waals surface area contributed by atoms with Crippen LogP contribution in [0.1, 0.15) is 31.2 Å². The first-order valence-corrected chi connectivity index (χ1v) is 8.00. The molecule has 1 atom stereocenters. The van der Waals surface area contributed by atoms with Crippen LogP contribution in [-0.2, 0) is 16.6 Å². The van der Waals surface area contributed by atoms with E-state index in [9.17, 15) is 18.0 Å². The van der Waals surface area contributed by atoms with E-state index < -0.39 is 24.5 Å². The minimum atomic E-state index is -4.53. The molecule has 0 aliphatic carbocycles. The smallest absolute Gasteiger partial charge is 0.396 e. The number of nitrogens with zero attached hydrogens (tertiary/aromatic N) is 1. The van der Waals surface area contributed by atoms with Gasteiger partial charge in [-0.1, -0.05) is 22.9 Å². The number of aromatic nitrogens is 1. The summed E-state index contributed by atoms with van der Waals surface area (Å²) in [7, 11) is 1.68. The second kappa shape index (κ2) is 6.95. The Morgan fingerprint density at radius 3 is 2.70 bits per heavy atom. The predicted octanol–water partition coefficient (Wildman–Crippen LogP) is 4.93. The van der Waals surface area contributed by atoms with Crippen molar-refractivity contribution in [3.63, 3.8) is 0 Å². The molecule has 0 saturated heterocycles. The molecule has 126 valence electrons. The zero-order chi connectivity index (χ0) is 17.2. The number of rotatable bonds is 5. The fourth-order valence-corrected chi connectivity index (χ4v) is 2.88. The Labute approximate surface area is 140 Å². The molecule has 1 aromatic carbocycles. The summed E-state index contributed by atoms with van der Waals surface area (Å²) in [6.07, 6.45) is -3.23. The minimum absolute atomic E-state index is 0.0877. The lowest BCUT2D eigenvalue weighted by atomic mass is 9.94. The predicted molar refractivity (Wildman–Crippen MR) is 85.3 cm³/mol. The van der Waals surface area contributed by atoms with E-state index in [4.69, 9.17) is 4.74 Å². The van der Waals surface area contributed by atoms with Crippen LogP contribution in [0, 0.1) is 0 Å². The van der Waals surface area contributed by atoms with Gasteiger partial charge in [0.2, 0.25) is 0 Å². The molecule has 0 amide bonds. The Morgan fingerprint density at radius 1 is 1.39 bits per heavy atom. The molecule has 0 aliphatic heterocycles. The third kappa shape index (κ3) is 4.07. The molecule has 0 fully saturated rings. The molecule has 3 nitrogen and oxygen atoms in total. The first kappa shape index (κ1) is 17.8. The van der Waals surface area contributed by atoms with Crippen LogP contribution in [0.25, 0.3) is 10.9 Å². The van der Waals surface area contributed by atoms with Crippen molar-refractivity contribution in [3.05, 3.63) is 34.4 Å². The molecule has 7 heteroatoms. The molecule has 0 radical (unpaired) electrons. The topological polar surface area (TPSA) is 31.2 Å². The van der Waals surface area contributed by atoms with Crippen LogP contribution in [0.4, 0.5) is 13.2 Å². The summed E-state index contributed by atoms with van der Waals surface area (Å²) in [6.45, 7) is 1.92. The number of carbonyl (C=O) groups excluding carboxylic acids is 1. The van der Waals surface area contributed by atoms with Crippen LogP contribution in [0.15, 0.2) is 28.9 Å². The second-order valence-electron chi connectivity index (χ2n) is 5.38. The van der Waals surface area contributed by atoms with Gasteiger partial charge >= 0.3 is 12.1 Å². The molecule has 0 bridgehead atoms. The van der Waals surface area contributed by atoms with E-state index in [-0.39, 0.29) is 12.2 Å². The van der Waals surface area contributed by atoms with Crippen LogP contribution >= 0.6 is 15.9 Å². The SMILES string of the molecule is CCCOC(=O)C[C@@H](c1cn(C)c2ccc(Br)cc12)C(F)(F)F. The van der Waals surface area contributed by atoms with Gasteiger partial charge in [0.15, 0.2) is 0 Å². The van der Waals surface area contributed by atoms with Crippen molar-refractivity contribution in [1.29, 1.82) is 0 Å². The second-order valence-corrected chi connectivity index (χ2v) is 6.29. The number of esters is 1. The Hall–Kier alpha value is -1.50. The fourth-order valence-electron chi connectivity index (χ4n) is 2.52. The van der Waals surface area contributed by atoms with Gasteiger partial charge < -0.3 is 9.30 Å². The number of ether oxygens (including phenoxy) is 1. The van der Waals surface area contributed by atoms with Crippen molar-refractivity contribution in [3.8, 4) is 0 Å². The number of benzene rings is 1. The summed E-state index contributed by atoms with van der Waals surface area (Å²) in [5, 5.41) is 0.479. The van der Waals surface area contributed by atoms with Gasteiger partial charge in [0.05, 0.1) is 18.9 Å². The lowest BCUT2D eigenvalue weighted by Gasteiger charge is -2.19. The average molecular weight is 392 g/mol. The molecule has 0 N–H and O–H groups in total. The lowest BCUT2D eigenvalue weighted by molar-refractivity contribution is -0.166. The molecule has 0 spiro atoms. The van der Waals surface area contributed by atoms with E-state index in [2.05, 4.69) is 15.9 Å². The summed E-state index contributed by atoms with van der Waals surface area (Å²) < 4.78 is 47.6. The molecule has 0 unspecified atom stereocenters. The van der Waals surface area contributed by atoms with Crippen LogP contribution in [0.3, 0.4) is 0 Å². The quantitative estimate of drug-likeness (QED) is 0.676. The number of hydrogen-bond donors (Lipinski definition) is 0. The van der Waals surface area contributed by atoms with Crippen molar-refractivity contribution in [1.82, 2.24) is 4.57 Å². The van der Waals surface area contributed by atoms with Crippen molar-refractivity contribution >= 4 is 32.8 Å². The van der Waals surface area contributed by atoms with Gasteiger partial charge in [-0.05, 0) is 30.2 Å². The number of fused-ring (bicyclic) bond motifs is 1. The standard InChI is InChI=1S/C16H17BrF3NO2/c1-3-6-23-15(22)8-13(16(18,19)20)12-9-21(2)14-5-4-10(17)7-11(12)14/h4-5,7,9,13H,3,6,8H2,1-2H3/t13-/m0/s1. The van der Waals surface area contributed by atoms with Gasteiger partial charge in [0, 0.05) is 28.6 Å². The fraction of sp³-hybridized carbons (Fsp3) is 0.438. The van der Waals surface area contributed by atoms with E-state index in [0.717, 1.165) is 0 Å². The largest absolute Gasteiger partial charge is 0.466 e. The maximum absolute atomic E-state index is 13.5. The van der Waals surface area contributed by atoms with Gasteiger partial charge in [0.1, 0.15) is 0 Å². The molecule has 23 heavy (non-hydrogen) atoms. The summed E-state index contributed by atoms with van der Waals surface area (Å²) in [5.74, 6) is -2.72. The van der Waals surface area contributed by atoms with Gasteiger partial charge in [-0.15, -0.1) is 0 Å². The molecule has 0 aliphatic rings. The van der Waals surface area contributed by atoms with E-state index in [1.807, 2.05) is 0 Å². The molecule has 1 heterocycles. The van der Waals surface area contributed by atoms with Crippen LogP contribution in [0.5, 0.6) is 0 Å². The highest BCUT2D eigenvalue weighted by Crippen LogP contribution is 2.41. The van der Waals surface area contributed by atoms with Crippen LogP contribution in [0.2, 0.25) is 0 Å². The third-order valence-electron chi connectivity index (χ3n) is 3.59. The highest BCUT2D eigenvalue weighted by Gasteiger charge is 2.43. The zero-order valence-electron chi connectivity index (χ0n) is 12.8. The molecule has 2 rings (SSSR count). The number of carbonyl (C=O) groups is 1. The molecular weight excluding hydrogens is 375 g/mol. The van der Waals surface area contributed by atoms with Crippen molar-refractivity contribution in [2.45, 2.75) is 31.9 Å². The van der Waals surface area contributed by atoms with Crippen molar-refractivity contribution in [2.75, 3.05) is 6.61 Å². The minimum Gasteiger partial charge on any atom is -0.466 e. The molecule has 0 saturated carbocycles. The number of aryl methyl sites for hydroxylation is 1. The zero-order valence-corrected chi connectivity index (χ0v) is 14.4. The van der Waals surface area contributed by atoms with Crippen LogP contribution < -0.4 is 0 Å². The Kier molecular flexibility index (Phi) is 5.39. The molecular formula is C16H17BrF3NO2. The lowest BCUT2D eigenvalue weighted by Crippen LogP contribution is -2.24. The van der Waals surface area contributed by atoms with E-state index in [1.54, 1.807) is 36.7 Å². The highest BCUT2D eigenvalue weighted by atomic mass is 79.9. The number of halogens is 4. The monoisotopic (exact) mass is 391 g/mol. The van der Waals surface area contributed by atoms with Gasteiger partial charge in [0.25, 0.3) is 0 Å². The van der Waals surface area contributed by atoms with Crippen molar-refractivity contribution in [2.24, 2.45) is 7.05 Å². The Bertz CT molecular complexity index is 709. The summed E-state index contributed by atoms with van der Waals surface area (Å²) in [4.78, 5) is 11.7.